The number of thiophene rings is 1. The quantitative estimate of drug-likeness (QED) is 0.696. The van der Waals surface area contributed by atoms with Gasteiger partial charge >= 0.3 is 0 Å². The lowest BCUT2D eigenvalue weighted by atomic mass is 10.1. The fourth-order valence-electron chi connectivity index (χ4n) is 2.59. The molecule has 0 spiro atoms. The largest absolute Gasteiger partial charge is 0.394 e. The summed E-state index contributed by atoms with van der Waals surface area (Å²) in [6.45, 7) is 7.44. The van der Waals surface area contributed by atoms with Crippen molar-refractivity contribution in [3.63, 3.8) is 0 Å². The summed E-state index contributed by atoms with van der Waals surface area (Å²) in [4.78, 5) is 1.01. The van der Waals surface area contributed by atoms with Gasteiger partial charge < -0.3 is 15.5 Å². The molecule has 122 valence electrons. The topological polar surface area (TPSA) is 70.3 Å². The Morgan fingerprint density at radius 3 is 2.82 bits per heavy atom. The molecule has 0 aliphatic rings. The lowest BCUT2D eigenvalue weighted by molar-refractivity contribution is 0.157. The Kier molecular flexibility index (Phi) is 6.14. The highest BCUT2D eigenvalue weighted by atomic mass is 32.1. The molecule has 0 amide bonds. The number of aryl methyl sites for hydroxylation is 1. The van der Waals surface area contributed by atoms with Crippen LogP contribution in [0.2, 0.25) is 0 Å². The molecule has 22 heavy (non-hydrogen) atoms. The predicted octanol–water partition coefficient (Wildman–Crippen LogP) is 2.16. The molecule has 3 N–H and O–H groups in total. The summed E-state index contributed by atoms with van der Waals surface area (Å²) in [5.41, 5.74) is 3.25. The summed E-state index contributed by atoms with van der Waals surface area (Å²) >= 11 is 1.59. The number of hydrogen-bond acceptors (Lipinski definition) is 5. The van der Waals surface area contributed by atoms with Crippen molar-refractivity contribution in [3.05, 3.63) is 39.3 Å². The van der Waals surface area contributed by atoms with Gasteiger partial charge in [0, 0.05) is 28.7 Å². The van der Waals surface area contributed by atoms with E-state index in [4.69, 9.17) is 5.11 Å². The predicted molar refractivity (Wildman–Crippen MR) is 89.0 cm³/mol. The smallest absolute Gasteiger partial charge is 0.0896 e. The molecular weight excluding hydrogens is 298 g/mol. The molecule has 5 nitrogen and oxygen atoms in total. The van der Waals surface area contributed by atoms with Crippen LogP contribution in [0.1, 0.15) is 41.3 Å². The molecule has 2 heterocycles. The highest BCUT2D eigenvalue weighted by Gasteiger charge is 2.15. The zero-order valence-corrected chi connectivity index (χ0v) is 14.2. The Morgan fingerprint density at radius 1 is 1.41 bits per heavy atom. The molecular formula is C16H25N3O2S. The number of hydrogen-bond donors (Lipinski definition) is 3. The molecule has 0 aliphatic carbocycles. The van der Waals surface area contributed by atoms with Crippen LogP contribution < -0.4 is 5.32 Å². The van der Waals surface area contributed by atoms with Gasteiger partial charge in [-0.25, -0.2) is 0 Å². The molecule has 0 aliphatic heterocycles. The van der Waals surface area contributed by atoms with E-state index in [9.17, 15) is 5.11 Å². The van der Waals surface area contributed by atoms with Gasteiger partial charge in [-0.05, 0) is 38.6 Å². The molecule has 2 aromatic heterocycles. The third-order valence-corrected chi connectivity index (χ3v) is 4.89. The van der Waals surface area contributed by atoms with Crippen LogP contribution in [-0.2, 0) is 13.1 Å². The van der Waals surface area contributed by atoms with Crippen molar-refractivity contribution < 1.29 is 10.2 Å². The molecule has 6 heteroatoms. The highest BCUT2D eigenvalue weighted by molar-refractivity contribution is 7.10. The Hall–Kier alpha value is -1.21. The molecule has 2 aromatic rings. The Balaban J connectivity index is 1.89. The van der Waals surface area contributed by atoms with Crippen molar-refractivity contribution >= 4 is 11.3 Å². The standard InChI is InChI=1S/C16H25N3O2S/c1-11(9-15(21)16-5-4-8-22-16)17-10-14-12(2)18-19(6-7-20)13(14)3/h4-5,8,11,15,17,20-21H,6-7,9-10H2,1-3H3. The Labute approximate surface area is 135 Å². The van der Waals surface area contributed by atoms with Gasteiger partial charge in [0.2, 0.25) is 0 Å². The number of nitrogens with one attached hydrogen (secondary N) is 1. The minimum Gasteiger partial charge on any atom is -0.394 e. The molecule has 0 aromatic carbocycles. The first-order chi connectivity index (χ1) is 10.5. The fraction of sp³-hybridized carbons (Fsp3) is 0.562. The first-order valence-corrected chi connectivity index (χ1v) is 8.49. The van der Waals surface area contributed by atoms with Gasteiger partial charge in [-0.15, -0.1) is 11.3 Å². The van der Waals surface area contributed by atoms with Crippen LogP contribution in [0, 0.1) is 13.8 Å². The number of aliphatic hydroxyl groups is 2. The molecule has 0 saturated heterocycles. The Morgan fingerprint density at radius 2 is 2.18 bits per heavy atom. The zero-order valence-electron chi connectivity index (χ0n) is 13.4. The van der Waals surface area contributed by atoms with Crippen LogP contribution >= 0.6 is 11.3 Å². The number of nitrogens with zero attached hydrogens (tertiary/aromatic N) is 2. The molecule has 0 saturated carbocycles. The van der Waals surface area contributed by atoms with Gasteiger partial charge in [-0.1, -0.05) is 6.07 Å². The zero-order chi connectivity index (χ0) is 16.1. The van der Waals surface area contributed by atoms with Crippen molar-refractivity contribution in [2.24, 2.45) is 0 Å². The van der Waals surface area contributed by atoms with Gasteiger partial charge in [-0.2, -0.15) is 5.10 Å². The van der Waals surface area contributed by atoms with E-state index < -0.39 is 6.10 Å². The highest BCUT2D eigenvalue weighted by Crippen LogP contribution is 2.23. The van der Waals surface area contributed by atoms with Crippen LogP contribution in [0.5, 0.6) is 0 Å². The third-order valence-electron chi connectivity index (χ3n) is 3.92. The minimum absolute atomic E-state index is 0.0955. The van der Waals surface area contributed by atoms with Gasteiger partial charge in [0.25, 0.3) is 0 Å². The van der Waals surface area contributed by atoms with Crippen LogP contribution in [-0.4, -0.2) is 32.6 Å². The average Bonchev–Trinajstić information content (AvgIpc) is 3.08. The summed E-state index contributed by atoms with van der Waals surface area (Å²) in [7, 11) is 0. The van der Waals surface area contributed by atoms with E-state index in [-0.39, 0.29) is 12.6 Å². The van der Waals surface area contributed by atoms with E-state index >= 15 is 0 Å². The SMILES string of the molecule is Cc1nn(CCO)c(C)c1CNC(C)CC(O)c1cccs1. The third kappa shape index (κ3) is 4.16. The van der Waals surface area contributed by atoms with Gasteiger partial charge in [0.05, 0.1) is 24.9 Å². The number of aliphatic hydroxyl groups excluding tert-OH is 2. The molecule has 2 rings (SSSR count). The molecule has 2 unspecified atom stereocenters. The lowest BCUT2D eigenvalue weighted by Gasteiger charge is -2.17. The van der Waals surface area contributed by atoms with Crippen molar-refractivity contribution in [3.8, 4) is 0 Å². The van der Waals surface area contributed by atoms with Crippen molar-refractivity contribution in [2.75, 3.05) is 6.61 Å². The van der Waals surface area contributed by atoms with Gasteiger partial charge in [-0.3, -0.25) is 4.68 Å². The summed E-state index contributed by atoms with van der Waals surface area (Å²) in [6.07, 6.45) is 0.269. The van der Waals surface area contributed by atoms with E-state index in [1.165, 1.54) is 5.56 Å². The second-order valence-corrected chi connectivity index (χ2v) is 6.62. The van der Waals surface area contributed by atoms with E-state index in [1.807, 2.05) is 36.0 Å². The first kappa shape index (κ1) is 17.1. The summed E-state index contributed by atoms with van der Waals surface area (Å²) in [5, 5.41) is 29.1. The second kappa shape index (κ2) is 7.87. The van der Waals surface area contributed by atoms with E-state index in [0.717, 1.165) is 22.8 Å². The molecule has 2 atom stereocenters. The maximum absolute atomic E-state index is 10.2. The van der Waals surface area contributed by atoms with Crippen LogP contribution in [0.4, 0.5) is 0 Å². The molecule has 0 fully saturated rings. The number of aromatic nitrogens is 2. The van der Waals surface area contributed by atoms with Crippen LogP contribution in [0.15, 0.2) is 17.5 Å². The summed E-state index contributed by atoms with van der Waals surface area (Å²) in [5.74, 6) is 0. The van der Waals surface area contributed by atoms with Gasteiger partial charge in [0.1, 0.15) is 0 Å². The Bertz CT molecular complexity index is 580. The second-order valence-electron chi connectivity index (χ2n) is 5.64. The molecule has 0 bridgehead atoms. The van der Waals surface area contributed by atoms with E-state index in [2.05, 4.69) is 17.3 Å². The maximum atomic E-state index is 10.2. The van der Waals surface area contributed by atoms with Crippen molar-refractivity contribution in [1.82, 2.24) is 15.1 Å². The number of rotatable bonds is 8. The van der Waals surface area contributed by atoms with E-state index in [0.29, 0.717) is 13.0 Å². The normalized spacial score (nSPS) is 14.2. The summed E-state index contributed by atoms with van der Waals surface area (Å²) < 4.78 is 1.84. The van der Waals surface area contributed by atoms with Crippen molar-refractivity contribution in [1.29, 1.82) is 0 Å². The van der Waals surface area contributed by atoms with Crippen LogP contribution in [0.3, 0.4) is 0 Å². The summed E-state index contributed by atoms with van der Waals surface area (Å²) in [6, 6.07) is 4.14. The van der Waals surface area contributed by atoms with Gasteiger partial charge in [0.15, 0.2) is 0 Å². The molecule has 0 radical (unpaired) electrons. The van der Waals surface area contributed by atoms with Crippen LogP contribution in [0.25, 0.3) is 0 Å². The first-order valence-electron chi connectivity index (χ1n) is 7.61. The fourth-order valence-corrected chi connectivity index (χ4v) is 3.32. The average molecular weight is 323 g/mol. The van der Waals surface area contributed by atoms with E-state index in [1.54, 1.807) is 11.3 Å². The monoisotopic (exact) mass is 323 g/mol. The maximum Gasteiger partial charge on any atom is 0.0896 e. The lowest BCUT2D eigenvalue weighted by Crippen LogP contribution is -2.27. The van der Waals surface area contributed by atoms with Crippen molar-refractivity contribution in [2.45, 2.75) is 52.4 Å². The minimum atomic E-state index is -0.415.